The number of nitrogens with zero attached hydrogens (tertiary/aromatic N) is 3. The molecule has 7 nitrogen and oxygen atoms in total. The van der Waals surface area contributed by atoms with Gasteiger partial charge in [-0.25, -0.2) is 4.98 Å². The van der Waals surface area contributed by atoms with Gasteiger partial charge in [-0.1, -0.05) is 169 Å². The van der Waals surface area contributed by atoms with Gasteiger partial charge in [-0.2, -0.15) is 23.5 Å². The van der Waals surface area contributed by atoms with Gasteiger partial charge >= 0.3 is 11.9 Å². The van der Waals surface area contributed by atoms with Crippen molar-refractivity contribution in [3.63, 3.8) is 0 Å². The van der Waals surface area contributed by atoms with Crippen LogP contribution in [0.15, 0.2) is 18.7 Å². The molecule has 1 aromatic heterocycles. The third-order valence-electron chi connectivity index (χ3n) is 9.98. The van der Waals surface area contributed by atoms with Crippen molar-refractivity contribution in [3.05, 3.63) is 18.7 Å². The van der Waals surface area contributed by atoms with Gasteiger partial charge in [0.05, 0.1) is 19.2 Å². The standard InChI is InChI=1S/C44H83N3O4S2.C2H6/c1-3-5-7-9-11-13-15-17-19-21-23-25-38-52-40-36-50-43(48)28-33-46(31-27-32-47-35-30-45-42-47)34-29-44(49)51-37-41-53-39-26-24-22-20-18-16-14-12-10-8-6-4-2;1-2/h30,35,42H,3-29,31-34,36-41H2,1-2H3;1-2H3. The number of carbonyl (C=O) groups is 2. The highest BCUT2D eigenvalue weighted by molar-refractivity contribution is 7.99. The van der Waals surface area contributed by atoms with Crippen LogP contribution in [0.2, 0.25) is 0 Å². The molecule has 0 aliphatic rings. The van der Waals surface area contributed by atoms with Crippen LogP contribution < -0.4 is 0 Å². The molecular weight excluding hydrogens is 723 g/mol. The SMILES string of the molecule is CC.CCCCCCCCCCCCCCSCCOC(=O)CCN(CCCn1ccnc1)CCC(=O)OCCSCCCCCCCCCCCCCC. The molecule has 0 bridgehead atoms. The van der Waals surface area contributed by atoms with E-state index < -0.39 is 0 Å². The Morgan fingerprint density at radius 3 is 1.27 bits per heavy atom. The van der Waals surface area contributed by atoms with E-state index in [0.717, 1.165) is 42.5 Å². The van der Waals surface area contributed by atoms with Gasteiger partial charge in [-0.15, -0.1) is 0 Å². The van der Waals surface area contributed by atoms with E-state index >= 15 is 0 Å². The Labute approximate surface area is 349 Å². The molecule has 0 unspecified atom stereocenters. The van der Waals surface area contributed by atoms with Gasteiger partial charge in [0.15, 0.2) is 0 Å². The minimum Gasteiger partial charge on any atom is -0.465 e. The van der Waals surface area contributed by atoms with E-state index in [9.17, 15) is 9.59 Å². The molecule has 0 atom stereocenters. The second-order valence-corrected chi connectivity index (χ2v) is 17.4. The van der Waals surface area contributed by atoms with Crippen molar-refractivity contribution in [1.29, 1.82) is 0 Å². The fourth-order valence-electron chi connectivity index (χ4n) is 6.60. The highest BCUT2D eigenvalue weighted by Crippen LogP contribution is 2.15. The molecule has 0 aromatic carbocycles. The van der Waals surface area contributed by atoms with Crippen molar-refractivity contribution >= 4 is 35.5 Å². The molecule has 0 saturated heterocycles. The summed E-state index contributed by atoms with van der Waals surface area (Å²) in [6.07, 6.45) is 40.1. The Kier molecular flexibility index (Phi) is 44.5. The average Bonchev–Trinajstić information content (AvgIpc) is 3.73. The number of carbonyl (C=O) groups excluding carboxylic acids is 2. The summed E-state index contributed by atoms with van der Waals surface area (Å²) in [7, 11) is 0. The van der Waals surface area contributed by atoms with Crippen molar-refractivity contribution in [2.45, 2.75) is 208 Å². The molecule has 0 aliphatic heterocycles. The van der Waals surface area contributed by atoms with Gasteiger partial charge in [0, 0.05) is 43.5 Å². The van der Waals surface area contributed by atoms with E-state index in [-0.39, 0.29) is 11.9 Å². The molecular formula is C46H89N3O4S2. The Morgan fingerprint density at radius 2 is 0.909 bits per heavy atom. The molecule has 324 valence electrons. The maximum absolute atomic E-state index is 12.5. The molecule has 0 amide bonds. The topological polar surface area (TPSA) is 73.7 Å². The Morgan fingerprint density at radius 1 is 0.527 bits per heavy atom. The van der Waals surface area contributed by atoms with Crippen LogP contribution in [0, 0.1) is 0 Å². The zero-order valence-corrected chi connectivity index (χ0v) is 38.3. The lowest BCUT2D eigenvalue weighted by Gasteiger charge is -2.21. The van der Waals surface area contributed by atoms with Crippen molar-refractivity contribution in [2.24, 2.45) is 0 Å². The van der Waals surface area contributed by atoms with Crippen LogP contribution in [0.5, 0.6) is 0 Å². The first-order valence-corrected chi connectivity index (χ1v) is 25.6. The number of rotatable bonds is 42. The monoisotopic (exact) mass is 812 g/mol. The summed E-state index contributed by atoms with van der Waals surface area (Å²) >= 11 is 3.78. The molecule has 0 saturated carbocycles. The minimum absolute atomic E-state index is 0.150. The lowest BCUT2D eigenvalue weighted by molar-refractivity contribution is -0.143. The molecule has 1 heterocycles. The van der Waals surface area contributed by atoms with Crippen molar-refractivity contribution < 1.29 is 19.1 Å². The van der Waals surface area contributed by atoms with Gasteiger partial charge in [0.1, 0.15) is 13.2 Å². The fourth-order valence-corrected chi connectivity index (χ4v) is 8.22. The second kappa shape index (κ2) is 45.5. The first kappa shape index (κ1) is 53.8. The highest BCUT2D eigenvalue weighted by atomic mass is 32.2. The lowest BCUT2D eigenvalue weighted by atomic mass is 10.1. The molecule has 0 spiro atoms. The fraction of sp³-hybridized carbons (Fsp3) is 0.891. The molecule has 0 fully saturated rings. The summed E-state index contributed by atoms with van der Waals surface area (Å²) < 4.78 is 13.1. The number of thioether (sulfide) groups is 2. The molecule has 55 heavy (non-hydrogen) atoms. The summed E-state index contributed by atoms with van der Waals surface area (Å²) in [5.41, 5.74) is 0. The van der Waals surface area contributed by atoms with Crippen molar-refractivity contribution in [3.8, 4) is 0 Å². The molecule has 0 N–H and O–H groups in total. The predicted octanol–water partition coefficient (Wildman–Crippen LogP) is 13.3. The van der Waals surface area contributed by atoms with Gasteiger partial charge in [-0.3, -0.25) is 9.59 Å². The second-order valence-electron chi connectivity index (χ2n) is 14.9. The number of hydrogen-bond acceptors (Lipinski definition) is 8. The number of unbranched alkanes of at least 4 members (excludes halogenated alkanes) is 22. The van der Waals surface area contributed by atoms with Crippen molar-refractivity contribution in [1.82, 2.24) is 14.5 Å². The minimum atomic E-state index is -0.150. The molecule has 9 heteroatoms. The highest BCUT2D eigenvalue weighted by Gasteiger charge is 2.13. The van der Waals surface area contributed by atoms with Gasteiger partial charge in [0.25, 0.3) is 0 Å². The van der Waals surface area contributed by atoms with Crippen molar-refractivity contribution in [2.75, 3.05) is 55.9 Å². The number of hydrogen-bond donors (Lipinski definition) is 0. The van der Waals surface area contributed by atoms with E-state index in [1.807, 2.05) is 49.9 Å². The van der Waals surface area contributed by atoms with Crippen LogP contribution in [0.3, 0.4) is 0 Å². The third-order valence-corrected chi connectivity index (χ3v) is 12.0. The number of ether oxygens (including phenoxy) is 2. The van der Waals surface area contributed by atoms with E-state index in [1.54, 1.807) is 6.20 Å². The van der Waals surface area contributed by atoms with Crippen LogP contribution in [0.4, 0.5) is 0 Å². The lowest BCUT2D eigenvalue weighted by Crippen LogP contribution is -2.31. The van der Waals surface area contributed by atoms with Gasteiger partial charge in [-0.05, 0) is 37.3 Å². The Hall–Kier alpha value is -1.19. The normalized spacial score (nSPS) is 11.1. The summed E-state index contributed by atoms with van der Waals surface area (Å²) in [5, 5.41) is 0. The molecule has 1 rings (SSSR count). The average molecular weight is 812 g/mol. The maximum Gasteiger partial charge on any atom is 0.307 e. The summed E-state index contributed by atoms with van der Waals surface area (Å²) in [6.45, 7) is 12.4. The van der Waals surface area contributed by atoms with E-state index in [2.05, 4.69) is 28.3 Å². The van der Waals surface area contributed by atoms with E-state index in [1.165, 1.54) is 154 Å². The first-order valence-electron chi connectivity index (χ1n) is 23.3. The van der Waals surface area contributed by atoms with E-state index in [4.69, 9.17) is 9.47 Å². The quantitative estimate of drug-likeness (QED) is 0.0477. The number of aryl methyl sites for hydroxylation is 1. The Bertz CT molecular complexity index is 854. The maximum atomic E-state index is 12.5. The number of esters is 2. The zero-order valence-electron chi connectivity index (χ0n) is 36.7. The number of aromatic nitrogens is 2. The predicted molar refractivity (Wildman–Crippen MR) is 243 cm³/mol. The summed E-state index contributed by atoms with van der Waals surface area (Å²) in [4.78, 5) is 31.3. The third kappa shape index (κ3) is 40.8. The van der Waals surface area contributed by atoms with E-state index in [0.29, 0.717) is 39.1 Å². The molecule has 1 aromatic rings. The first-order chi connectivity index (χ1) is 27.2. The van der Waals surface area contributed by atoms with Crippen LogP contribution in [0.1, 0.15) is 201 Å². The molecule has 0 radical (unpaired) electrons. The largest absolute Gasteiger partial charge is 0.465 e. The van der Waals surface area contributed by atoms with Gasteiger partial charge in [0.2, 0.25) is 0 Å². The van der Waals surface area contributed by atoms with Crippen LogP contribution >= 0.6 is 23.5 Å². The number of imidazole rings is 1. The zero-order chi connectivity index (χ0) is 40.1. The summed E-state index contributed by atoms with van der Waals surface area (Å²) in [6, 6.07) is 0. The smallest absolute Gasteiger partial charge is 0.307 e. The van der Waals surface area contributed by atoms with Crippen LogP contribution in [-0.4, -0.2) is 82.2 Å². The summed E-state index contributed by atoms with van der Waals surface area (Å²) in [5.74, 6) is 3.72. The van der Waals surface area contributed by atoms with Crippen LogP contribution in [0.25, 0.3) is 0 Å². The molecule has 0 aliphatic carbocycles. The van der Waals surface area contributed by atoms with Gasteiger partial charge < -0.3 is 18.9 Å². The van der Waals surface area contributed by atoms with Crippen LogP contribution in [-0.2, 0) is 25.6 Å². The Balaban J connectivity index is 0.0000143.